The molecule has 0 aromatic rings. The molecule has 0 aliphatic rings. The molecule has 0 aliphatic carbocycles. The zero-order chi connectivity index (χ0) is 20.1. The van der Waals surface area contributed by atoms with Gasteiger partial charge in [-0.05, 0) is 64.5 Å². The molecule has 0 aromatic heterocycles. The van der Waals surface area contributed by atoms with Gasteiger partial charge in [0.15, 0.2) is 0 Å². The van der Waals surface area contributed by atoms with E-state index in [0.29, 0.717) is 25.7 Å². The van der Waals surface area contributed by atoms with Gasteiger partial charge >= 0.3 is 0 Å². The Morgan fingerprint density at radius 3 is 1.19 bits per heavy atom. The molecule has 0 aliphatic heterocycles. The second-order valence-electron chi connectivity index (χ2n) is 6.56. The molecule has 0 aromatic carbocycles. The van der Waals surface area contributed by atoms with Gasteiger partial charge in [0.2, 0.25) is 0 Å². The summed E-state index contributed by atoms with van der Waals surface area (Å²) in [4.78, 5) is 0. The highest BCUT2D eigenvalue weighted by Crippen LogP contribution is 2.26. The van der Waals surface area contributed by atoms with Crippen LogP contribution < -0.4 is 0 Å². The Kier molecular flexibility index (Phi) is 11.3. The SMILES string of the molecule is C=CCC(O)(CC=C)C(C)=C=CCCC=C=C(C)C(O)(CC=C)CC=C. The fourth-order valence-corrected chi connectivity index (χ4v) is 2.62. The van der Waals surface area contributed by atoms with Gasteiger partial charge in [-0.2, -0.15) is 0 Å². The Morgan fingerprint density at radius 1 is 0.692 bits per heavy atom. The summed E-state index contributed by atoms with van der Waals surface area (Å²) >= 11 is 0. The molecule has 0 radical (unpaired) electrons. The Balaban J connectivity index is 5.04. The Labute approximate surface area is 159 Å². The van der Waals surface area contributed by atoms with Gasteiger partial charge < -0.3 is 10.2 Å². The highest BCUT2D eigenvalue weighted by atomic mass is 16.3. The third kappa shape index (κ3) is 7.87. The van der Waals surface area contributed by atoms with Crippen molar-refractivity contribution >= 4 is 0 Å². The summed E-state index contributed by atoms with van der Waals surface area (Å²) in [6.45, 7) is 18.5. The molecule has 0 saturated heterocycles. The Hall–Kier alpha value is -2.08. The van der Waals surface area contributed by atoms with Crippen LogP contribution in [0.1, 0.15) is 52.4 Å². The maximum absolute atomic E-state index is 10.6. The smallest absolute Gasteiger partial charge is 0.0995 e. The van der Waals surface area contributed by atoms with Crippen LogP contribution in [0, 0.1) is 0 Å². The summed E-state index contributed by atoms with van der Waals surface area (Å²) in [5.74, 6) is 0. The van der Waals surface area contributed by atoms with Gasteiger partial charge in [0.25, 0.3) is 0 Å². The highest BCUT2D eigenvalue weighted by Gasteiger charge is 2.26. The second kappa shape index (κ2) is 12.3. The van der Waals surface area contributed by atoms with Gasteiger partial charge in [-0.15, -0.1) is 37.8 Å². The van der Waals surface area contributed by atoms with E-state index in [0.717, 1.165) is 24.0 Å². The van der Waals surface area contributed by atoms with Gasteiger partial charge in [-0.3, -0.25) is 0 Å². The number of rotatable bonds is 13. The standard InChI is InChI=1S/C24H34O2/c1-7-17-23(25,18-8-2)21(5)15-13-11-12-14-16-22(6)24(26,19-9-3)20-10-4/h7-10,13-14,25-26H,1-4,11-12,17-20H2,5-6H3. The largest absolute Gasteiger partial charge is 0.384 e. The summed E-state index contributed by atoms with van der Waals surface area (Å²) in [6, 6.07) is 0. The van der Waals surface area contributed by atoms with Crippen molar-refractivity contribution in [1.82, 2.24) is 0 Å². The van der Waals surface area contributed by atoms with Crippen LogP contribution in [-0.4, -0.2) is 21.4 Å². The number of hydrogen-bond donors (Lipinski definition) is 2. The van der Waals surface area contributed by atoms with Gasteiger partial charge in [0, 0.05) is 11.1 Å². The summed E-state index contributed by atoms with van der Waals surface area (Å²) < 4.78 is 0. The van der Waals surface area contributed by atoms with Crippen LogP contribution in [0.5, 0.6) is 0 Å². The van der Waals surface area contributed by atoms with Crippen molar-refractivity contribution < 1.29 is 10.2 Å². The molecule has 0 spiro atoms. The first-order chi connectivity index (χ1) is 12.3. The molecular weight excluding hydrogens is 320 g/mol. The molecule has 142 valence electrons. The average Bonchev–Trinajstić information content (AvgIpc) is 2.58. The van der Waals surface area contributed by atoms with E-state index in [2.05, 4.69) is 37.8 Å². The first-order valence-corrected chi connectivity index (χ1v) is 9.02. The van der Waals surface area contributed by atoms with Crippen LogP contribution in [0.2, 0.25) is 0 Å². The zero-order valence-electron chi connectivity index (χ0n) is 16.4. The predicted octanol–water partition coefficient (Wildman–Crippen LogP) is 5.74. The topological polar surface area (TPSA) is 40.5 Å². The monoisotopic (exact) mass is 354 g/mol. The van der Waals surface area contributed by atoms with Crippen LogP contribution in [0.15, 0.2) is 85.4 Å². The van der Waals surface area contributed by atoms with Gasteiger partial charge in [0.1, 0.15) is 0 Å². The molecule has 0 rings (SSSR count). The molecule has 0 amide bonds. The van der Waals surface area contributed by atoms with Crippen molar-refractivity contribution in [3.05, 3.63) is 85.4 Å². The van der Waals surface area contributed by atoms with E-state index < -0.39 is 11.2 Å². The maximum atomic E-state index is 10.6. The summed E-state index contributed by atoms with van der Waals surface area (Å²) in [5, 5.41) is 21.2. The minimum atomic E-state index is -0.960. The van der Waals surface area contributed by atoms with Crippen LogP contribution in [0.3, 0.4) is 0 Å². The molecule has 2 heteroatoms. The third-order valence-corrected chi connectivity index (χ3v) is 4.42. The van der Waals surface area contributed by atoms with Gasteiger partial charge in [-0.1, -0.05) is 24.3 Å². The first-order valence-electron chi connectivity index (χ1n) is 9.02. The lowest BCUT2D eigenvalue weighted by molar-refractivity contribution is 0.0846. The second-order valence-corrected chi connectivity index (χ2v) is 6.56. The summed E-state index contributed by atoms with van der Waals surface area (Å²) in [6.07, 6.45) is 14.1. The summed E-state index contributed by atoms with van der Waals surface area (Å²) in [5.41, 5.74) is 5.97. The fraction of sp³-hybridized carbons (Fsp3) is 0.417. The average molecular weight is 355 g/mol. The third-order valence-electron chi connectivity index (χ3n) is 4.42. The lowest BCUT2D eigenvalue weighted by Crippen LogP contribution is -2.28. The molecule has 0 atom stereocenters. The van der Waals surface area contributed by atoms with Crippen molar-refractivity contribution in [3.63, 3.8) is 0 Å². The van der Waals surface area contributed by atoms with E-state index in [-0.39, 0.29) is 0 Å². The van der Waals surface area contributed by atoms with E-state index >= 15 is 0 Å². The summed E-state index contributed by atoms with van der Waals surface area (Å²) in [7, 11) is 0. The van der Waals surface area contributed by atoms with Crippen molar-refractivity contribution in [2.24, 2.45) is 0 Å². The van der Waals surface area contributed by atoms with E-state index in [9.17, 15) is 10.2 Å². The van der Waals surface area contributed by atoms with E-state index in [4.69, 9.17) is 0 Å². The molecule has 0 fully saturated rings. The van der Waals surface area contributed by atoms with E-state index in [1.165, 1.54) is 0 Å². The first kappa shape index (κ1) is 23.9. The lowest BCUT2D eigenvalue weighted by Gasteiger charge is -2.25. The molecule has 2 nitrogen and oxygen atoms in total. The van der Waals surface area contributed by atoms with Crippen LogP contribution in [-0.2, 0) is 0 Å². The number of aliphatic hydroxyl groups is 2. The Morgan fingerprint density at radius 2 is 0.962 bits per heavy atom. The van der Waals surface area contributed by atoms with Crippen molar-refractivity contribution in [2.75, 3.05) is 0 Å². The van der Waals surface area contributed by atoms with Crippen molar-refractivity contribution in [1.29, 1.82) is 0 Å². The van der Waals surface area contributed by atoms with Gasteiger partial charge in [-0.25, -0.2) is 0 Å². The number of hydrogen-bond acceptors (Lipinski definition) is 2. The molecular formula is C24H34O2. The van der Waals surface area contributed by atoms with Crippen LogP contribution in [0.4, 0.5) is 0 Å². The lowest BCUT2D eigenvalue weighted by atomic mass is 9.88. The molecule has 0 bridgehead atoms. The van der Waals surface area contributed by atoms with Crippen molar-refractivity contribution in [3.8, 4) is 0 Å². The normalized spacial score (nSPS) is 10.8. The number of unbranched alkanes of at least 4 members (excludes halogenated alkanes) is 1. The van der Waals surface area contributed by atoms with E-state index in [1.807, 2.05) is 26.0 Å². The Bertz CT molecular complexity index is 545. The van der Waals surface area contributed by atoms with Crippen LogP contribution >= 0.6 is 0 Å². The van der Waals surface area contributed by atoms with Gasteiger partial charge in [0.05, 0.1) is 11.2 Å². The minimum absolute atomic E-state index is 0.471. The fourth-order valence-electron chi connectivity index (χ4n) is 2.62. The van der Waals surface area contributed by atoms with Crippen LogP contribution in [0.25, 0.3) is 0 Å². The molecule has 26 heavy (non-hydrogen) atoms. The molecule has 0 saturated carbocycles. The van der Waals surface area contributed by atoms with Crippen molar-refractivity contribution in [2.45, 2.75) is 63.6 Å². The maximum Gasteiger partial charge on any atom is 0.0995 e. The zero-order valence-corrected chi connectivity index (χ0v) is 16.4. The van der Waals surface area contributed by atoms with E-state index in [1.54, 1.807) is 24.3 Å². The molecule has 0 unspecified atom stereocenters. The molecule has 0 heterocycles. The predicted molar refractivity (Wildman–Crippen MR) is 113 cm³/mol. The quantitative estimate of drug-likeness (QED) is 0.252. The molecule has 2 N–H and O–H groups in total. The minimum Gasteiger partial charge on any atom is -0.384 e. The highest BCUT2D eigenvalue weighted by molar-refractivity contribution is 5.18.